The van der Waals surface area contributed by atoms with Crippen LogP contribution >= 0.6 is 0 Å². The summed E-state index contributed by atoms with van der Waals surface area (Å²) in [5.41, 5.74) is 39.9. The van der Waals surface area contributed by atoms with Gasteiger partial charge in [0.05, 0.1) is 98.0 Å². The minimum atomic E-state index is -1.53. The second-order valence-electron chi connectivity index (χ2n) is 24.8. The van der Waals surface area contributed by atoms with Crippen LogP contribution in [0.4, 0.5) is 0 Å². The highest BCUT2D eigenvalue weighted by atomic mass is 16.7. The van der Waals surface area contributed by atoms with Crippen molar-refractivity contribution >= 4 is 0 Å². The normalized spacial score (nSPS) is 21.3. The van der Waals surface area contributed by atoms with Gasteiger partial charge < -0.3 is 61.6 Å². The summed E-state index contributed by atoms with van der Waals surface area (Å²) >= 11 is 0. The molecule has 0 aliphatic carbocycles. The number of hydrogen-bond donors (Lipinski definition) is 0. The molecule has 0 amide bonds. The zero-order valence-corrected chi connectivity index (χ0v) is 57.1. The fourth-order valence-electron chi connectivity index (χ4n) is 12.3. The Bertz CT molecular complexity index is 4000. The Labute approximate surface area is 600 Å². The van der Waals surface area contributed by atoms with Crippen molar-refractivity contribution in [2.24, 2.45) is 15.3 Å². The van der Waals surface area contributed by atoms with Gasteiger partial charge in [-0.05, 0) is 66.7 Å². The van der Waals surface area contributed by atoms with Crippen molar-refractivity contribution in [2.75, 3.05) is 26.4 Å². The van der Waals surface area contributed by atoms with Crippen LogP contribution in [0, 0.1) is 0 Å². The van der Waals surface area contributed by atoms with E-state index in [2.05, 4.69) is 30.1 Å². The van der Waals surface area contributed by atoms with Crippen molar-refractivity contribution in [3.05, 3.63) is 354 Å². The van der Waals surface area contributed by atoms with E-state index in [1.165, 1.54) is 0 Å². The molecule has 0 saturated carbocycles. The van der Waals surface area contributed by atoms with Crippen molar-refractivity contribution in [2.45, 2.75) is 145 Å². The van der Waals surface area contributed by atoms with Crippen LogP contribution in [0.15, 0.2) is 288 Å². The van der Waals surface area contributed by atoms with Gasteiger partial charge in [-0.15, -0.1) is 0 Å². The van der Waals surface area contributed by atoms with Gasteiger partial charge in [0.2, 0.25) is 0 Å². The summed E-state index contributed by atoms with van der Waals surface area (Å²) in [5.74, 6) is 0. The maximum atomic E-state index is 11.0. The second-order valence-corrected chi connectivity index (χ2v) is 24.8. The molecule has 0 radical (unpaired) electrons. The Balaban J connectivity index is 1.02. The first-order chi connectivity index (χ1) is 51.0. The van der Waals surface area contributed by atoms with Gasteiger partial charge in [-0.2, -0.15) is 0 Å². The number of azide groups is 3. The number of nitrogens with zero attached hydrogens (tertiary/aromatic N) is 9. The van der Waals surface area contributed by atoms with E-state index < -0.39 is 85.6 Å². The lowest BCUT2D eigenvalue weighted by atomic mass is 9.94. The van der Waals surface area contributed by atoms with Gasteiger partial charge in [-0.1, -0.05) is 288 Å². The standard InChI is InChI=1S/C81H85N9O13/c82-88-85-68(55-91-46-59-28-10-1-11-29-59)74(95-50-63-36-18-5-19-37-63)75(96-51-64-38-20-6-21-39-64)69(56-92-47-60-30-12-2-13-31-60)100-80-73(87-90-84)79(99-54-67-44-26-9-27-45-67)77(71(102-80)58-94-49-62-34-16-4-17-35-62)103-81-72(86-89-83)78(98-53-66-42-24-8-25-43-66)76(97-52-65-40-22-7-23-41-65)70(101-81)57-93-48-61-32-14-3-15-33-61/h1-45,68-81H,46-58H2/t68-,69-,70-,71-,72-,73-,74-,75-,76-,77-,78-,79-,80+,81+/m1/s1. The zero-order valence-electron chi connectivity index (χ0n) is 57.1. The number of hydrogen-bond acceptors (Lipinski definition) is 16. The number of benzene rings is 9. The van der Waals surface area contributed by atoms with Gasteiger partial charge in [0.1, 0.15) is 60.9 Å². The molecule has 22 heteroatoms. The zero-order chi connectivity index (χ0) is 70.7. The summed E-state index contributed by atoms with van der Waals surface area (Å²) in [4.78, 5) is 10.3. The second kappa shape index (κ2) is 41.5. The third-order valence-corrected chi connectivity index (χ3v) is 17.5. The smallest absolute Gasteiger partial charge is 0.169 e. The fraction of sp³-hybridized carbons (Fsp3) is 0.333. The fourth-order valence-corrected chi connectivity index (χ4v) is 12.3. The minimum absolute atomic E-state index is 0.0172. The lowest BCUT2D eigenvalue weighted by Crippen LogP contribution is -2.65. The summed E-state index contributed by atoms with van der Waals surface area (Å²) < 4.78 is 91.0. The SMILES string of the molecule is [N-]=[N+]=N[C@H]1[C@H](O[C@H]2[C@H](OCc3ccccc3)[C@@H](N=[N+]=[N-])[C@@H](O[C@H](COCc3ccccc3)[C@@H](OCc3ccccc3)[C@H](OCc3ccccc3)[C@@H](COCc3ccccc3)N=[N+]=[N-])O[C@@H]2COCc2ccccc2)O[C@H](COCc2ccccc2)[C@@H](OCc2ccccc2)[C@@H]1OCc1ccccc1. The maximum Gasteiger partial charge on any atom is 0.169 e. The summed E-state index contributed by atoms with van der Waals surface area (Å²) in [7, 11) is 0. The van der Waals surface area contributed by atoms with Crippen LogP contribution < -0.4 is 0 Å². The van der Waals surface area contributed by atoms with Crippen LogP contribution in [0.3, 0.4) is 0 Å². The van der Waals surface area contributed by atoms with Gasteiger partial charge >= 0.3 is 0 Å². The molecule has 22 nitrogen and oxygen atoms in total. The molecule has 0 bridgehead atoms. The van der Waals surface area contributed by atoms with E-state index in [0.29, 0.717) is 0 Å². The molecule has 11 rings (SSSR count). The molecule has 14 atom stereocenters. The summed E-state index contributed by atoms with van der Waals surface area (Å²) in [5, 5.41) is 13.4. The molecule has 532 valence electrons. The molecule has 2 aliphatic heterocycles. The lowest BCUT2D eigenvalue weighted by Gasteiger charge is -2.49. The molecule has 2 fully saturated rings. The van der Waals surface area contributed by atoms with Gasteiger partial charge in [0.25, 0.3) is 0 Å². The van der Waals surface area contributed by atoms with Crippen LogP contribution in [0.2, 0.25) is 0 Å². The van der Waals surface area contributed by atoms with Gasteiger partial charge in [0.15, 0.2) is 12.6 Å². The Hall–Kier alpha value is -9.61. The largest absolute Gasteiger partial charge is 0.376 e. The third-order valence-electron chi connectivity index (χ3n) is 17.5. The molecule has 0 aromatic heterocycles. The van der Waals surface area contributed by atoms with Crippen LogP contribution in [-0.4, -0.2) is 112 Å². The van der Waals surface area contributed by atoms with E-state index in [4.69, 9.17) is 61.6 Å². The van der Waals surface area contributed by atoms with E-state index in [1.54, 1.807) is 0 Å². The average Bonchev–Trinajstić information content (AvgIpc) is 0.767. The van der Waals surface area contributed by atoms with Crippen LogP contribution in [0.5, 0.6) is 0 Å². The Kier molecular flexibility index (Phi) is 30.0. The molecular formula is C81H85N9O13. The van der Waals surface area contributed by atoms with Gasteiger partial charge in [-0.25, -0.2) is 0 Å². The Morgan fingerprint density at radius 2 is 0.631 bits per heavy atom. The maximum absolute atomic E-state index is 11.0. The highest BCUT2D eigenvalue weighted by Gasteiger charge is 2.55. The van der Waals surface area contributed by atoms with Crippen molar-refractivity contribution in [1.82, 2.24) is 0 Å². The first-order valence-electron chi connectivity index (χ1n) is 34.5. The van der Waals surface area contributed by atoms with E-state index >= 15 is 0 Å². The van der Waals surface area contributed by atoms with E-state index in [9.17, 15) is 16.6 Å². The van der Waals surface area contributed by atoms with Gasteiger partial charge in [-0.3, -0.25) is 0 Å². The molecule has 2 saturated heterocycles. The molecule has 9 aromatic carbocycles. The Morgan fingerprint density at radius 3 is 1.02 bits per heavy atom. The molecule has 2 heterocycles. The van der Waals surface area contributed by atoms with Crippen molar-refractivity contribution < 1.29 is 61.6 Å². The molecule has 0 unspecified atom stereocenters. The predicted octanol–water partition coefficient (Wildman–Crippen LogP) is 16.0. The molecule has 0 N–H and O–H groups in total. The summed E-state index contributed by atoms with van der Waals surface area (Å²) in [6.07, 6.45) is -13.2. The molecule has 9 aromatic rings. The third kappa shape index (κ3) is 23.2. The highest BCUT2D eigenvalue weighted by molar-refractivity contribution is 5.21. The van der Waals surface area contributed by atoms with E-state index in [1.807, 2.05) is 273 Å². The number of rotatable bonds is 41. The molecular weight excluding hydrogens is 1310 g/mol. The van der Waals surface area contributed by atoms with Crippen LogP contribution in [0.1, 0.15) is 50.1 Å². The first kappa shape index (κ1) is 74.6. The first-order valence-corrected chi connectivity index (χ1v) is 34.5. The Morgan fingerprint density at radius 1 is 0.320 bits per heavy atom. The molecule has 0 spiro atoms. The monoisotopic (exact) mass is 1390 g/mol. The lowest BCUT2D eigenvalue weighted by molar-refractivity contribution is -0.348. The molecule has 2 aliphatic rings. The predicted molar refractivity (Wildman–Crippen MR) is 385 cm³/mol. The van der Waals surface area contributed by atoms with Crippen LogP contribution in [-0.2, 0) is 121 Å². The number of ether oxygens (including phenoxy) is 13. The van der Waals surface area contributed by atoms with Crippen molar-refractivity contribution in [3.8, 4) is 0 Å². The quantitative estimate of drug-likeness (QED) is 0.0196. The van der Waals surface area contributed by atoms with Gasteiger partial charge in [0, 0.05) is 14.7 Å². The topological polar surface area (TPSA) is 266 Å². The summed E-state index contributed by atoms with van der Waals surface area (Å²) in [6, 6.07) is 82.9. The average molecular weight is 1390 g/mol. The van der Waals surface area contributed by atoms with Crippen LogP contribution in [0.25, 0.3) is 31.3 Å². The van der Waals surface area contributed by atoms with Crippen molar-refractivity contribution in [1.29, 1.82) is 0 Å². The minimum Gasteiger partial charge on any atom is -0.376 e. The van der Waals surface area contributed by atoms with Crippen molar-refractivity contribution in [3.63, 3.8) is 0 Å². The molecule has 103 heavy (non-hydrogen) atoms. The van der Waals surface area contributed by atoms with E-state index in [0.717, 1.165) is 50.1 Å². The summed E-state index contributed by atoms with van der Waals surface area (Å²) in [6.45, 7) is 0.372. The highest BCUT2D eigenvalue weighted by Crippen LogP contribution is 2.38. The van der Waals surface area contributed by atoms with E-state index in [-0.39, 0.29) is 85.9 Å².